The van der Waals surface area contributed by atoms with E-state index in [9.17, 15) is 0 Å². The van der Waals surface area contributed by atoms with Gasteiger partial charge in [0.25, 0.3) is 0 Å². The number of hydrogen-bond acceptors (Lipinski definition) is 3. The SMILES string of the molecule is CCOCc1ccccc1CNCCCN(C)C. The molecule has 3 nitrogen and oxygen atoms in total. The van der Waals surface area contributed by atoms with Crippen molar-refractivity contribution in [2.75, 3.05) is 33.8 Å². The van der Waals surface area contributed by atoms with Gasteiger partial charge in [0.15, 0.2) is 0 Å². The third-order valence-electron chi connectivity index (χ3n) is 2.85. The largest absolute Gasteiger partial charge is 0.377 e. The minimum atomic E-state index is 0.714. The maximum atomic E-state index is 5.48. The molecule has 0 aliphatic rings. The summed E-state index contributed by atoms with van der Waals surface area (Å²) in [4.78, 5) is 2.21. The molecular weight excluding hydrogens is 224 g/mol. The van der Waals surface area contributed by atoms with Gasteiger partial charge in [0.2, 0.25) is 0 Å². The quantitative estimate of drug-likeness (QED) is 0.680. The van der Waals surface area contributed by atoms with Gasteiger partial charge in [0.1, 0.15) is 0 Å². The van der Waals surface area contributed by atoms with Gasteiger partial charge in [0.05, 0.1) is 6.61 Å². The summed E-state index contributed by atoms with van der Waals surface area (Å²) in [5.41, 5.74) is 2.63. The van der Waals surface area contributed by atoms with Crippen molar-refractivity contribution in [2.45, 2.75) is 26.5 Å². The van der Waals surface area contributed by atoms with Crippen LogP contribution in [0.25, 0.3) is 0 Å². The lowest BCUT2D eigenvalue weighted by atomic mass is 10.1. The summed E-state index contributed by atoms with van der Waals surface area (Å²) < 4.78 is 5.48. The molecule has 0 saturated carbocycles. The van der Waals surface area contributed by atoms with Gasteiger partial charge < -0.3 is 15.0 Å². The summed E-state index contributed by atoms with van der Waals surface area (Å²) in [5, 5.41) is 3.49. The summed E-state index contributed by atoms with van der Waals surface area (Å²) in [5.74, 6) is 0. The number of ether oxygens (including phenoxy) is 1. The minimum Gasteiger partial charge on any atom is -0.377 e. The van der Waals surface area contributed by atoms with E-state index in [0.29, 0.717) is 6.61 Å². The van der Waals surface area contributed by atoms with Crippen molar-refractivity contribution < 1.29 is 4.74 Å². The number of hydrogen-bond donors (Lipinski definition) is 1. The fourth-order valence-corrected chi connectivity index (χ4v) is 1.83. The van der Waals surface area contributed by atoms with Gasteiger partial charge in [-0.1, -0.05) is 24.3 Å². The molecule has 0 aromatic heterocycles. The standard InChI is InChI=1S/C15H26N2O/c1-4-18-13-15-9-6-5-8-14(15)12-16-10-7-11-17(2)3/h5-6,8-9,16H,4,7,10-13H2,1-3H3. The Labute approximate surface area is 111 Å². The number of rotatable bonds is 9. The van der Waals surface area contributed by atoms with Crippen LogP contribution in [0.1, 0.15) is 24.5 Å². The van der Waals surface area contributed by atoms with Crippen LogP contribution in [-0.4, -0.2) is 38.7 Å². The summed E-state index contributed by atoms with van der Waals surface area (Å²) in [7, 11) is 4.22. The van der Waals surface area contributed by atoms with E-state index in [1.165, 1.54) is 17.5 Å². The average molecular weight is 250 g/mol. The Balaban J connectivity index is 2.32. The molecule has 1 aromatic rings. The van der Waals surface area contributed by atoms with Crippen LogP contribution in [0, 0.1) is 0 Å². The van der Waals surface area contributed by atoms with Gasteiger partial charge in [-0.25, -0.2) is 0 Å². The molecule has 1 aromatic carbocycles. The van der Waals surface area contributed by atoms with Crippen LogP contribution in [0.3, 0.4) is 0 Å². The zero-order valence-electron chi connectivity index (χ0n) is 11.9. The Morgan fingerprint density at radius 3 is 2.56 bits per heavy atom. The molecule has 0 unspecified atom stereocenters. The van der Waals surface area contributed by atoms with Crippen molar-refractivity contribution in [1.29, 1.82) is 0 Å². The van der Waals surface area contributed by atoms with Crippen molar-refractivity contribution in [3.63, 3.8) is 0 Å². The molecule has 0 saturated heterocycles. The molecule has 3 heteroatoms. The summed E-state index contributed by atoms with van der Waals surface area (Å²) >= 11 is 0. The first-order valence-corrected chi connectivity index (χ1v) is 6.74. The lowest BCUT2D eigenvalue weighted by Crippen LogP contribution is -2.21. The van der Waals surface area contributed by atoms with Gasteiger partial charge in [-0.3, -0.25) is 0 Å². The third kappa shape index (κ3) is 6.15. The smallest absolute Gasteiger partial charge is 0.0719 e. The molecule has 18 heavy (non-hydrogen) atoms. The highest BCUT2D eigenvalue weighted by Gasteiger charge is 2.01. The molecule has 0 fully saturated rings. The fraction of sp³-hybridized carbons (Fsp3) is 0.600. The molecule has 0 aliphatic heterocycles. The Kier molecular flexibility index (Phi) is 7.65. The first-order chi connectivity index (χ1) is 8.74. The van der Waals surface area contributed by atoms with Crippen LogP contribution >= 0.6 is 0 Å². The topological polar surface area (TPSA) is 24.5 Å². The maximum absolute atomic E-state index is 5.48. The second kappa shape index (κ2) is 9.09. The van der Waals surface area contributed by atoms with E-state index in [-0.39, 0.29) is 0 Å². The molecule has 102 valence electrons. The summed E-state index contributed by atoms with van der Waals surface area (Å²) in [6, 6.07) is 8.48. The number of nitrogens with zero attached hydrogens (tertiary/aromatic N) is 1. The molecule has 0 aliphatic carbocycles. The molecule has 0 heterocycles. The van der Waals surface area contributed by atoms with Crippen LogP contribution in [0.5, 0.6) is 0 Å². The highest BCUT2D eigenvalue weighted by molar-refractivity contribution is 5.26. The van der Waals surface area contributed by atoms with Crippen LogP contribution in [0.2, 0.25) is 0 Å². The number of nitrogens with one attached hydrogen (secondary N) is 1. The maximum Gasteiger partial charge on any atom is 0.0719 e. The fourth-order valence-electron chi connectivity index (χ4n) is 1.83. The Hall–Kier alpha value is -0.900. The molecule has 0 spiro atoms. The first kappa shape index (κ1) is 15.2. The highest BCUT2D eigenvalue weighted by Crippen LogP contribution is 2.09. The Bertz CT molecular complexity index is 326. The zero-order valence-corrected chi connectivity index (χ0v) is 11.9. The van der Waals surface area contributed by atoms with Crippen LogP contribution in [0.4, 0.5) is 0 Å². The first-order valence-electron chi connectivity index (χ1n) is 6.74. The molecule has 0 bridgehead atoms. The third-order valence-corrected chi connectivity index (χ3v) is 2.85. The van der Waals surface area contributed by atoms with Gasteiger partial charge in [-0.05, 0) is 51.7 Å². The molecular formula is C15H26N2O. The average Bonchev–Trinajstić information content (AvgIpc) is 2.36. The van der Waals surface area contributed by atoms with Gasteiger partial charge >= 0.3 is 0 Å². The lowest BCUT2D eigenvalue weighted by Gasteiger charge is -2.12. The van der Waals surface area contributed by atoms with Gasteiger partial charge in [0, 0.05) is 13.2 Å². The van der Waals surface area contributed by atoms with E-state index in [1.807, 2.05) is 6.92 Å². The second-order valence-corrected chi connectivity index (χ2v) is 4.74. The van der Waals surface area contributed by atoms with E-state index in [2.05, 4.69) is 48.6 Å². The molecule has 1 N–H and O–H groups in total. The predicted octanol–water partition coefficient (Wildman–Crippen LogP) is 2.26. The van der Waals surface area contributed by atoms with Gasteiger partial charge in [-0.2, -0.15) is 0 Å². The molecule has 0 atom stereocenters. The van der Waals surface area contributed by atoms with Crippen molar-refractivity contribution in [3.8, 4) is 0 Å². The number of benzene rings is 1. The van der Waals surface area contributed by atoms with E-state index >= 15 is 0 Å². The van der Waals surface area contributed by atoms with E-state index < -0.39 is 0 Å². The summed E-state index contributed by atoms with van der Waals surface area (Å²) in [6.45, 7) is 6.63. The summed E-state index contributed by atoms with van der Waals surface area (Å²) in [6.07, 6.45) is 1.18. The Morgan fingerprint density at radius 2 is 1.89 bits per heavy atom. The predicted molar refractivity (Wildman–Crippen MR) is 76.6 cm³/mol. The van der Waals surface area contributed by atoms with Crippen molar-refractivity contribution in [2.24, 2.45) is 0 Å². The van der Waals surface area contributed by atoms with E-state index in [0.717, 1.165) is 26.2 Å². The molecule has 1 rings (SSSR count). The van der Waals surface area contributed by atoms with Crippen molar-refractivity contribution >= 4 is 0 Å². The highest BCUT2D eigenvalue weighted by atomic mass is 16.5. The Morgan fingerprint density at radius 1 is 1.17 bits per heavy atom. The monoisotopic (exact) mass is 250 g/mol. The van der Waals surface area contributed by atoms with Crippen molar-refractivity contribution in [3.05, 3.63) is 35.4 Å². The van der Waals surface area contributed by atoms with Gasteiger partial charge in [-0.15, -0.1) is 0 Å². The van der Waals surface area contributed by atoms with Crippen LogP contribution in [0.15, 0.2) is 24.3 Å². The van der Waals surface area contributed by atoms with E-state index in [4.69, 9.17) is 4.74 Å². The normalized spacial score (nSPS) is 11.1. The molecule has 0 amide bonds. The minimum absolute atomic E-state index is 0.714. The second-order valence-electron chi connectivity index (χ2n) is 4.74. The van der Waals surface area contributed by atoms with E-state index in [1.54, 1.807) is 0 Å². The van der Waals surface area contributed by atoms with Crippen molar-refractivity contribution in [1.82, 2.24) is 10.2 Å². The zero-order chi connectivity index (χ0) is 13.2. The lowest BCUT2D eigenvalue weighted by molar-refractivity contribution is 0.133. The van der Waals surface area contributed by atoms with Crippen LogP contribution in [-0.2, 0) is 17.9 Å². The van der Waals surface area contributed by atoms with Crippen LogP contribution < -0.4 is 5.32 Å². The molecule has 0 radical (unpaired) electrons.